The Kier molecular flexibility index (Phi) is 3.89. The fourth-order valence-electron chi connectivity index (χ4n) is 3.55. The number of hydrogen-bond donors (Lipinski definition) is 0. The highest BCUT2D eigenvalue weighted by Gasteiger charge is 2.28. The molecule has 1 atom stereocenters. The Balaban J connectivity index is 1.64. The fraction of sp³-hybridized carbons (Fsp3) is 0.733. The van der Waals surface area contributed by atoms with E-state index in [4.69, 9.17) is 0 Å². The molecule has 1 saturated carbocycles. The van der Waals surface area contributed by atoms with Crippen molar-refractivity contribution >= 4 is 0 Å². The fourth-order valence-corrected chi connectivity index (χ4v) is 3.55. The summed E-state index contributed by atoms with van der Waals surface area (Å²) in [5, 5.41) is 0. The Hall–Kier alpha value is -0.960. The van der Waals surface area contributed by atoms with E-state index in [1.54, 1.807) is 6.20 Å². The summed E-state index contributed by atoms with van der Waals surface area (Å²) in [5.41, 5.74) is 1.19. The molecule has 0 N–H and O–H groups in total. The second kappa shape index (κ2) is 5.79. The number of aromatic nitrogens is 2. The molecule has 18 heavy (non-hydrogen) atoms. The smallest absolute Gasteiger partial charge is 0.0630 e. The second-order valence-corrected chi connectivity index (χ2v) is 5.76. The van der Waals surface area contributed by atoms with E-state index in [0.717, 1.165) is 6.04 Å². The lowest BCUT2D eigenvalue weighted by atomic mass is 9.89. The van der Waals surface area contributed by atoms with Crippen molar-refractivity contribution in [3.63, 3.8) is 0 Å². The van der Waals surface area contributed by atoms with Gasteiger partial charge < -0.3 is 0 Å². The van der Waals surface area contributed by atoms with Crippen LogP contribution in [0.4, 0.5) is 0 Å². The molecule has 98 valence electrons. The normalized spacial score (nSPS) is 27.2. The first-order valence-corrected chi connectivity index (χ1v) is 7.43. The van der Waals surface area contributed by atoms with Gasteiger partial charge in [0.2, 0.25) is 0 Å². The zero-order valence-corrected chi connectivity index (χ0v) is 11.1. The van der Waals surface area contributed by atoms with Crippen LogP contribution in [0.1, 0.15) is 56.6 Å². The Morgan fingerprint density at radius 2 is 1.89 bits per heavy atom. The van der Waals surface area contributed by atoms with Crippen molar-refractivity contribution in [2.75, 3.05) is 13.1 Å². The van der Waals surface area contributed by atoms with Crippen LogP contribution in [0.2, 0.25) is 0 Å². The molecule has 1 aromatic rings. The van der Waals surface area contributed by atoms with Gasteiger partial charge in [-0.15, -0.1) is 0 Å². The first-order valence-electron chi connectivity index (χ1n) is 7.43. The van der Waals surface area contributed by atoms with Crippen LogP contribution in [0.25, 0.3) is 0 Å². The Bertz CT molecular complexity index is 359. The summed E-state index contributed by atoms with van der Waals surface area (Å²) >= 11 is 0. The first kappa shape index (κ1) is 12.1. The summed E-state index contributed by atoms with van der Waals surface area (Å²) in [4.78, 5) is 11.4. The van der Waals surface area contributed by atoms with Crippen molar-refractivity contribution in [1.29, 1.82) is 0 Å². The summed E-state index contributed by atoms with van der Waals surface area (Å²) < 4.78 is 0. The molecule has 2 heterocycles. The highest BCUT2D eigenvalue weighted by molar-refractivity contribution is 5.06. The summed E-state index contributed by atoms with van der Waals surface area (Å²) in [6.07, 6.45) is 15.3. The quantitative estimate of drug-likeness (QED) is 0.802. The van der Waals surface area contributed by atoms with E-state index < -0.39 is 0 Å². The highest BCUT2D eigenvalue weighted by Crippen LogP contribution is 2.30. The lowest BCUT2D eigenvalue weighted by Gasteiger charge is -2.39. The Labute approximate surface area is 110 Å². The minimum absolute atomic E-state index is 0.606. The molecule has 0 bridgehead atoms. The molecule has 0 radical (unpaired) electrons. The van der Waals surface area contributed by atoms with Gasteiger partial charge in [0, 0.05) is 37.1 Å². The molecule has 0 aromatic carbocycles. The molecule has 0 spiro atoms. The van der Waals surface area contributed by atoms with Crippen molar-refractivity contribution in [2.24, 2.45) is 0 Å². The Morgan fingerprint density at radius 3 is 2.67 bits per heavy atom. The summed E-state index contributed by atoms with van der Waals surface area (Å²) in [5.74, 6) is 0.606. The average molecular weight is 245 g/mol. The molecular weight excluding hydrogens is 222 g/mol. The summed E-state index contributed by atoms with van der Waals surface area (Å²) in [7, 11) is 0. The van der Waals surface area contributed by atoms with Gasteiger partial charge in [-0.2, -0.15) is 0 Å². The van der Waals surface area contributed by atoms with Crippen LogP contribution in [0, 0.1) is 0 Å². The van der Waals surface area contributed by atoms with Crippen molar-refractivity contribution in [1.82, 2.24) is 14.9 Å². The van der Waals surface area contributed by atoms with Crippen LogP contribution in [0.15, 0.2) is 18.6 Å². The molecule has 2 fully saturated rings. The second-order valence-electron chi connectivity index (χ2n) is 5.76. The lowest BCUT2D eigenvalue weighted by molar-refractivity contribution is 0.118. The average Bonchev–Trinajstić information content (AvgIpc) is 2.49. The van der Waals surface area contributed by atoms with Gasteiger partial charge in [-0.1, -0.05) is 19.3 Å². The molecule has 2 aliphatic rings. The minimum atomic E-state index is 0.606. The van der Waals surface area contributed by atoms with Crippen LogP contribution in [-0.4, -0.2) is 34.0 Å². The zero-order chi connectivity index (χ0) is 12.2. The predicted molar refractivity (Wildman–Crippen MR) is 72.5 cm³/mol. The van der Waals surface area contributed by atoms with E-state index in [1.165, 1.54) is 63.7 Å². The van der Waals surface area contributed by atoms with E-state index in [1.807, 2.05) is 12.4 Å². The van der Waals surface area contributed by atoms with Crippen LogP contribution >= 0.6 is 0 Å². The van der Waals surface area contributed by atoms with Crippen molar-refractivity contribution in [3.05, 3.63) is 24.3 Å². The predicted octanol–water partition coefficient (Wildman–Crippen LogP) is 2.99. The molecule has 3 heteroatoms. The maximum atomic E-state index is 4.49. The number of nitrogens with zero attached hydrogens (tertiary/aromatic N) is 3. The van der Waals surface area contributed by atoms with Gasteiger partial charge in [0.05, 0.1) is 5.69 Å². The number of piperidine rings is 1. The van der Waals surface area contributed by atoms with Crippen LogP contribution in [0.5, 0.6) is 0 Å². The SMILES string of the molecule is c1cnc([C@@H]2CCCN(C3CCCCC3)C2)cn1. The van der Waals surface area contributed by atoms with E-state index >= 15 is 0 Å². The lowest BCUT2D eigenvalue weighted by Crippen LogP contribution is -2.43. The van der Waals surface area contributed by atoms with E-state index in [9.17, 15) is 0 Å². The molecule has 1 aliphatic heterocycles. The molecule has 3 nitrogen and oxygen atoms in total. The zero-order valence-electron chi connectivity index (χ0n) is 11.1. The van der Waals surface area contributed by atoms with Crippen molar-refractivity contribution in [2.45, 2.75) is 56.9 Å². The number of hydrogen-bond acceptors (Lipinski definition) is 3. The van der Waals surface area contributed by atoms with E-state index in [-0.39, 0.29) is 0 Å². The topological polar surface area (TPSA) is 29.0 Å². The van der Waals surface area contributed by atoms with Gasteiger partial charge in [-0.25, -0.2) is 0 Å². The first-order chi connectivity index (χ1) is 8.93. The third-order valence-corrected chi connectivity index (χ3v) is 4.55. The third-order valence-electron chi connectivity index (χ3n) is 4.55. The summed E-state index contributed by atoms with van der Waals surface area (Å²) in [6.45, 7) is 2.49. The van der Waals surface area contributed by atoms with E-state index in [2.05, 4.69) is 14.9 Å². The van der Waals surface area contributed by atoms with Gasteiger partial charge in [0.15, 0.2) is 0 Å². The van der Waals surface area contributed by atoms with Crippen LogP contribution < -0.4 is 0 Å². The summed E-state index contributed by atoms with van der Waals surface area (Å²) in [6, 6.07) is 0.846. The van der Waals surface area contributed by atoms with E-state index in [0.29, 0.717) is 5.92 Å². The van der Waals surface area contributed by atoms with Gasteiger partial charge in [-0.3, -0.25) is 14.9 Å². The molecule has 1 aliphatic carbocycles. The standard InChI is InChI=1S/C15H23N3/c1-2-6-14(7-3-1)18-10-4-5-13(12-18)15-11-16-8-9-17-15/h8-9,11,13-14H,1-7,10,12H2/t13-/m1/s1. The van der Waals surface area contributed by atoms with Gasteiger partial charge in [0.25, 0.3) is 0 Å². The van der Waals surface area contributed by atoms with Crippen LogP contribution in [-0.2, 0) is 0 Å². The number of rotatable bonds is 2. The largest absolute Gasteiger partial charge is 0.300 e. The van der Waals surface area contributed by atoms with Crippen LogP contribution in [0.3, 0.4) is 0 Å². The Morgan fingerprint density at radius 1 is 1.00 bits per heavy atom. The minimum Gasteiger partial charge on any atom is -0.300 e. The molecule has 1 saturated heterocycles. The monoisotopic (exact) mass is 245 g/mol. The molecular formula is C15H23N3. The molecule has 0 amide bonds. The molecule has 3 rings (SSSR count). The van der Waals surface area contributed by atoms with Crippen molar-refractivity contribution < 1.29 is 0 Å². The highest BCUT2D eigenvalue weighted by atomic mass is 15.2. The van der Waals surface area contributed by atoms with Gasteiger partial charge in [0.1, 0.15) is 0 Å². The molecule has 0 unspecified atom stereocenters. The van der Waals surface area contributed by atoms with Gasteiger partial charge in [-0.05, 0) is 32.2 Å². The van der Waals surface area contributed by atoms with Gasteiger partial charge >= 0.3 is 0 Å². The van der Waals surface area contributed by atoms with Crippen molar-refractivity contribution in [3.8, 4) is 0 Å². The molecule has 1 aromatic heterocycles. The maximum absolute atomic E-state index is 4.49. The third kappa shape index (κ3) is 2.72. The maximum Gasteiger partial charge on any atom is 0.0630 e. The number of likely N-dealkylation sites (tertiary alicyclic amines) is 1.